The summed E-state index contributed by atoms with van der Waals surface area (Å²) in [5.74, 6) is 2.11. The van der Waals surface area contributed by atoms with E-state index < -0.39 is 12.2 Å². The highest BCUT2D eigenvalue weighted by atomic mass is 33.1. The molecule has 0 bridgehead atoms. The first-order valence-corrected chi connectivity index (χ1v) is 35.7. The Morgan fingerprint density at radius 2 is 0.697 bits per heavy atom. The van der Waals surface area contributed by atoms with Crippen LogP contribution in [0.1, 0.15) is 285 Å². The molecule has 4 atom stereocenters. The smallest absolute Gasteiger partial charge is 0.305 e. The van der Waals surface area contributed by atoms with Crippen molar-refractivity contribution >= 4 is 27.6 Å². The number of ether oxygens (including phenoxy) is 1. The molecule has 0 radical (unpaired) electrons. The number of unbranched alkanes of at least 4 members (excludes halogenated alkanes) is 29. The molecule has 0 spiro atoms. The molecule has 1 saturated heterocycles. The number of hydrogen-bond donors (Lipinski definition) is 4. The zero-order valence-electron chi connectivity index (χ0n) is 50.9. The Hall–Kier alpha value is -0.150. The molecular formula is C64H130N4O6S2. The Morgan fingerprint density at radius 1 is 0.395 bits per heavy atom. The van der Waals surface area contributed by atoms with Gasteiger partial charge in [0, 0.05) is 83.4 Å². The van der Waals surface area contributed by atoms with E-state index in [2.05, 4.69) is 47.3 Å². The van der Waals surface area contributed by atoms with E-state index in [4.69, 9.17) is 4.74 Å². The van der Waals surface area contributed by atoms with Gasteiger partial charge in [-0.2, -0.15) is 0 Å². The lowest BCUT2D eigenvalue weighted by Gasteiger charge is -2.34. The zero-order valence-corrected chi connectivity index (χ0v) is 52.5. The van der Waals surface area contributed by atoms with Crippen LogP contribution in [0, 0.1) is 0 Å². The van der Waals surface area contributed by atoms with Gasteiger partial charge < -0.3 is 25.2 Å². The summed E-state index contributed by atoms with van der Waals surface area (Å²) in [4.78, 5) is 22.3. The number of piperazine rings is 1. The van der Waals surface area contributed by atoms with Crippen molar-refractivity contribution in [2.45, 2.75) is 309 Å². The molecule has 1 aliphatic rings. The van der Waals surface area contributed by atoms with Crippen LogP contribution in [0.4, 0.5) is 0 Å². The minimum atomic E-state index is -0.401. The molecule has 1 rings (SSSR count). The molecule has 0 aromatic heterocycles. The molecule has 4 unspecified atom stereocenters. The minimum absolute atomic E-state index is 0.145. The van der Waals surface area contributed by atoms with E-state index in [0.717, 1.165) is 122 Å². The van der Waals surface area contributed by atoms with Gasteiger partial charge in [-0.1, -0.05) is 255 Å². The predicted octanol–water partition coefficient (Wildman–Crippen LogP) is 15.3. The van der Waals surface area contributed by atoms with E-state index >= 15 is 0 Å². The lowest BCUT2D eigenvalue weighted by Crippen LogP contribution is -2.47. The van der Waals surface area contributed by atoms with Gasteiger partial charge in [0.25, 0.3) is 0 Å². The lowest BCUT2D eigenvalue weighted by atomic mass is 10.0. The van der Waals surface area contributed by atoms with E-state index in [1.807, 2.05) is 21.6 Å². The number of aliphatic hydroxyl groups excluding tert-OH is 4. The third-order valence-corrected chi connectivity index (χ3v) is 18.4. The quantitative estimate of drug-likeness (QED) is 0.0264. The van der Waals surface area contributed by atoms with Gasteiger partial charge in [-0.05, 0) is 58.0 Å². The van der Waals surface area contributed by atoms with Gasteiger partial charge in [-0.25, -0.2) is 0 Å². The average molecular weight is 1120 g/mol. The molecule has 1 heterocycles. The zero-order chi connectivity index (χ0) is 55.2. The second kappa shape index (κ2) is 56.7. The first-order valence-electron chi connectivity index (χ1n) is 33.2. The van der Waals surface area contributed by atoms with Crippen LogP contribution >= 0.6 is 21.6 Å². The fourth-order valence-corrected chi connectivity index (χ4v) is 13.1. The Morgan fingerprint density at radius 3 is 1.05 bits per heavy atom. The molecule has 454 valence electrons. The molecule has 1 fully saturated rings. The molecular weight excluding hydrogens is 985 g/mol. The van der Waals surface area contributed by atoms with Crippen LogP contribution in [0.5, 0.6) is 0 Å². The van der Waals surface area contributed by atoms with E-state index in [0.29, 0.717) is 52.2 Å². The van der Waals surface area contributed by atoms with E-state index in [1.165, 1.54) is 180 Å². The Bertz CT molecular complexity index is 1130. The topological polar surface area (TPSA) is 120 Å². The van der Waals surface area contributed by atoms with Gasteiger partial charge in [0.1, 0.15) is 6.61 Å². The molecule has 4 N–H and O–H groups in total. The molecule has 0 saturated carbocycles. The molecule has 0 aliphatic carbocycles. The highest BCUT2D eigenvalue weighted by molar-refractivity contribution is 8.76. The standard InChI is InChI=1S/C64H130N4O6S2/c1-5-9-13-17-21-23-25-27-31-35-42-60(69)56-67(57-61(70)43-36-32-28-26-24-22-18-14-10-6-2)45-37-38-54-75-76-55-52-66-49-47-65(48-50-66)51-53-74-64(73)44-39-46-68(58-62(71)40-33-29-19-15-11-7-3)59-63(72)41-34-30-20-16-12-8-4/h60-63,69-72H,5-59H2,1-4H3. The molecule has 10 nitrogen and oxygen atoms in total. The largest absolute Gasteiger partial charge is 0.464 e. The summed E-state index contributed by atoms with van der Waals surface area (Å²) in [5.41, 5.74) is 0. The number of hydrogen-bond acceptors (Lipinski definition) is 12. The van der Waals surface area contributed by atoms with Crippen LogP contribution in [0.2, 0.25) is 0 Å². The third-order valence-electron chi connectivity index (χ3n) is 16.0. The molecule has 76 heavy (non-hydrogen) atoms. The van der Waals surface area contributed by atoms with Gasteiger partial charge in [-0.3, -0.25) is 24.4 Å². The molecule has 12 heteroatoms. The van der Waals surface area contributed by atoms with Crippen molar-refractivity contribution in [2.24, 2.45) is 0 Å². The maximum Gasteiger partial charge on any atom is 0.305 e. The summed E-state index contributed by atoms with van der Waals surface area (Å²) in [6.07, 6.45) is 46.0. The van der Waals surface area contributed by atoms with Crippen LogP contribution in [0.25, 0.3) is 0 Å². The van der Waals surface area contributed by atoms with Gasteiger partial charge in [0.2, 0.25) is 0 Å². The van der Waals surface area contributed by atoms with E-state index in [1.54, 1.807) is 0 Å². The Kier molecular flexibility index (Phi) is 55.1. The number of carbonyl (C=O) groups is 1. The molecule has 0 amide bonds. The normalized spacial score (nSPS) is 15.3. The summed E-state index contributed by atoms with van der Waals surface area (Å²) in [6, 6.07) is 0. The maximum absolute atomic E-state index is 12.8. The number of carbonyl (C=O) groups excluding carboxylic acids is 1. The van der Waals surface area contributed by atoms with Crippen molar-refractivity contribution in [3.05, 3.63) is 0 Å². The SMILES string of the molecule is CCCCCCCCCCCCC(O)CN(CCCCSSCCN1CCN(CCOC(=O)CCCN(CC(O)CCCCCCCC)CC(O)CCCCCCCC)CC1)CC(O)CCCCCCCCCCCC. The van der Waals surface area contributed by atoms with Crippen molar-refractivity contribution in [3.8, 4) is 0 Å². The highest BCUT2D eigenvalue weighted by Gasteiger charge is 2.20. The van der Waals surface area contributed by atoms with E-state index in [-0.39, 0.29) is 18.2 Å². The van der Waals surface area contributed by atoms with Crippen LogP contribution in [-0.4, -0.2) is 167 Å². The van der Waals surface area contributed by atoms with Gasteiger partial charge in [0.05, 0.1) is 24.4 Å². The molecule has 0 aromatic rings. The minimum Gasteiger partial charge on any atom is -0.464 e. The van der Waals surface area contributed by atoms with Crippen LogP contribution < -0.4 is 0 Å². The number of esters is 1. The number of aliphatic hydroxyl groups is 4. The van der Waals surface area contributed by atoms with Crippen molar-refractivity contribution in [2.75, 3.05) is 96.6 Å². The summed E-state index contributed by atoms with van der Waals surface area (Å²) in [6.45, 7) is 19.6. The van der Waals surface area contributed by atoms with Gasteiger partial charge in [0.15, 0.2) is 0 Å². The van der Waals surface area contributed by atoms with Gasteiger partial charge >= 0.3 is 5.97 Å². The first-order chi connectivity index (χ1) is 37.2. The summed E-state index contributed by atoms with van der Waals surface area (Å²) >= 11 is 0. The van der Waals surface area contributed by atoms with Crippen molar-refractivity contribution < 1.29 is 30.0 Å². The van der Waals surface area contributed by atoms with Crippen molar-refractivity contribution in [1.29, 1.82) is 0 Å². The fraction of sp³-hybridized carbons (Fsp3) is 0.984. The third kappa shape index (κ3) is 49.6. The monoisotopic (exact) mass is 1110 g/mol. The second-order valence-electron chi connectivity index (χ2n) is 23.5. The number of nitrogens with zero attached hydrogens (tertiary/aromatic N) is 4. The van der Waals surface area contributed by atoms with Crippen LogP contribution in [0.3, 0.4) is 0 Å². The summed E-state index contributed by atoms with van der Waals surface area (Å²) in [7, 11) is 3.99. The van der Waals surface area contributed by atoms with Gasteiger partial charge in [-0.15, -0.1) is 0 Å². The Labute approximate surface area is 480 Å². The lowest BCUT2D eigenvalue weighted by molar-refractivity contribution is -0.144. The van der Waals surface area contributed by atoms with Crippen molar-refractivity contribution in [1.82, 2.24) is 19.6 Å². The highest BCUT2D eigenvalue weighted by Crippen LogP contribution is 2.23. The van der Waals surface area contributed by atoms with Crippen molar-refractivity contribution in [3.63, 3.8) is 0 Å². The molecule has 1 aliphatic heterocycles. The summed E-state index contributed by atoms with van der Waals surface area (Å²) < 4.78 is 5.70. The number of rotatable bonds is 60. The summed E-state index contributed by atoms with van der Waals surface area (Å²) in [5, 5.41) is 43.9. The van der Waals surface area contributed by atoms with E-state index in [9.17, 15) is 25.2 Å². The predicted molar refractivity (Wildman–Crippen MR) is 333 cm³/mol. The second-order valence-corrected chi connectivity index (χ2v) is 26.2. The van der Waals surface area contributed by atoms with Crippen LogP contribution in [-0.2, 0) is 9.53 Å². The maximum atomic E-state index is 12.8. The molecule has 0 aromatic carbocycles. The van der Waals surface area contributed by atoms with Crippen LogP contribution in [0.15, 0.2) is 0 Å². The average Bonchev–Trinajstić information content (AvgIpc) is 3.40. The first kappa shape index (κ1) is 73.9. The Balaban J connectivity index is 2.33. The fourth-order valence-electron chi connectivity index (χ4n) is 11.0.